The molecule has 0 radical (unpaired) electrons. The van der Waals surface area contributed by atoms with Crippen molar-refractivity contribution in [1.82, 2.24) is 0 Å². The molecule has 130 valence electrons. The Morgan fingerprint density at radius 1 is 1.21 bits per heavy atom. The molecule has 0 aliphatic heterocycles. The highest BCUT2D eigenvalue weighted by Crippen LogP contribution is 2.17. The van der Waals surface area contributed by atoms with Crippen LogP contribution in [0.3, 0.4) is 0 Å². The van der Waals surface area contributed by atoms with E-state index >= 15 is 0 Å². The molecule has 0 aliphatic rings. The summed E-state index contributed by atoms with van der Waals surface area (Å²) < 4.78 is 36.4. The number of nitrogens with zero attached hydrogens (tertiary/aromatic N) is 1. The number of guanidine groups is 1. The molecule has 0 heterocycles. The minimum atomic E-state index is -0.753. The molecule has 0 unspecified atom stereocenters. The highest BCUT2D eigenvalue weighted by atomic mass is 127. The summed E-state index contributed by atoms with van der Waals surface area (Å²) in [4.78, 5) is 4.06. The van der Waals surface area contributed by atoms with Gasteiger partial charge in [-0.2, -0.15) is 0 Å². The zero-order valence-electron chi connectivity index (χ0n) is 13.0. The van der Waals surface area contributed by atoms with Gasteiger partial charge in [-0.15, -0.1) is 24.0 Å². The Labute approximate surface area is 155 Å². The first kappa shape index (κ1) is 19.9. The van der Waals surface area contributed by atoms with E-state index in [4.69, 9.17) is 15.2 Å². The van der Waals surface area contributed by atoms with E-state index in [0.717, 1.165) is 17.8 Å². The normalized spacial score (nSPS) is 10.7. The number of hydrogen-bond acceptors (Lipinski definition) is 3. The predicted octanol–water partition coefficient (Wildman–Crippen LogP) is 3.40. The summed E-state index contributed by atoms with van der Waals surface area (Å²) in [6.45, 7) is 0.336. The number of nitrogens with two attached hydrogens (primary N) is 1. The maximum Gasteiger partial charge on any atom is 0.193 e. The molecule has 24 heavy (non-hydrogen) atoms. The van der Waals surface area contributed by atoms with Crippen molar-refractivity contribution in [1.29, 1.82) is 0 Å². The molecule has 0 aromatic heterocycles. The highest BCUT2D eigenvalue weighted by Gasteiger charge is 2.04. The monoisotopic (exact) mass is 449 g/mol. The van der Waals surface area contributed by atoms with Crippen LogP contribution in [0.2, 0.25) is 0 Å². The molecule has 0 saturated carbocycles. The number of rotatable bonds is 6. The van der Waals surface area contributed by atoms with Gasteiger partial charge in [-0.25, -0.2) is 13.8 Å². The van der Waals surface area contributed by atoms with Crippen LogP contribution >= 0.6 is 24.0 Å². The van der Waals surface area contributed by atoms with Crippen LogP contribution in [0.4, 0.5) is 14.5 Å². The minimum Gasteiger partial charge on any atom is -0.497 e. The van der Waals surface area contributed by atoms with Crippen molar-refractivity contribution < 1.29 is 18.3 Å². The maximum atomic E-state index is 13.3. The Bertz CT molecular complexity index is 699. The lowest BCUT2D eigenvalue weighted by Gasteiger charge is -2.08. The third-order valence-electron chi connectivity index (χ3n) is 2.87. The molecule has 0 spiro atoms. The molecular formula is C16H18F2IN3O2. The van der Waals surface area contributed by atoms with Gasteiger partial charge in [0.25, 0.3) is 0 Å². The van der Waals surface area contributed by atoms with E-state index < -0.39 is 11.6 Å². The Morgan fingerprint density at radius 3 is 2.71 bits per heavy atom. The van der Waals surface area contributed by atoms with E-state index in [-0.39, 0.29) is 48.8 Å². The number of halogens is 3. The molecule has 2 rings (SSSR count). The summed E-state index contributed by atoms with van der Waals surface area (Å²) >= 11 is 0. The van der Waals surface area contributed by atoms with Gasteiger partial charge in [-0.3, -0.25) is 0 Å². The Kier molecular flexibility index (Phi) is 8.24. The van der Waals surface area contributed by atoms with Crippen molar-refractivity contribution in [2.75, 3.05) is 25.6 Å². The lowest BCUT2D eigenvalue weighted by molar-refractivity contribution is 0.310. The van der Waals surface area contributed by atoms with Gasteiger partial charge in [0, 0.05) is 17.8 Å². The van der Waals surface area contributed by atoms with Crippen LogP contribution in [0.1, 0.15) is 0 Å². The largest absolute Gasteiger partial charge is 0.497 e. The molecule has 0 fully saturated rings. The molecule has 0 bridgehead atoms. The summed E-state index contributed by atoms with van der Waals surface area (Å²) in [6, 6.07) is 10.3. The van der Waals surface area contributed by atoms with Crippen LogP contribution < -0.4 is 20.5 Å². The second-order valence-electron chi connectivity index (χ2n) is 4.55. The Morgan fingerprint density at radius 2 is 2.00 bits per heavy atom. The summed E-state index contributed by atoms with van der Waals surface area (Å²) in [5.41, 5.74) is 6.48. The maximum absolute atomic E-state index is 13.3. The van der Waals surface area contributed by atoms with Crippen LogP contribution in [0.25, 0.3) is 0 Å². The van der Waals surface area contributed by atoms with E-state index in [9.17, 15) is 8.78 Å². The lowest BCUT2D eigenvalue weighted by Crippen LogP contribution is -2.23. The first-order chi connectivity index (χ1) is 11.1. The lowest BCUT2D eigenvalue weighted by atomic mass is 10.3. The van der Waals surface area contributed by atoms with Crippen LogP contribution in [-0.2, 0) is 0 Å². The molecule has 3 N–H and O–H groups in total. The van der Waals surface area contributed by atoms with Crippen LogP contribution in [0.5, 0.6) is 11.5 Å². The number of nitrogens with one attached hydrogen (secondary N) is 1. The van der Waals surface area contributed by atoms with Crippen molar-refractivity contribution in [2.45, 2.75) is 0 Å². The molecule has 0 aliphatic carbocycles. The van der Waals surface area contributed by atoms with Crippen LogP contribution in [0, 0.1) is 11.6 Å². The van der Waals surface area contributed by atoms with Gasteiger partial charge in [-0.05, 0) is 24.3 Å². The summed E-state index contributed by atoms with van der Waals surface area (Å²) in [6.07, 6.45) is 0. The minimum absolute atomic E-state index is 0. The molecule has 8 heteroatoms. The third kappa shape index (κ3) is 6.19. The van der Waals surface area contributed by atoms with Gasteiger partial charge in [0.05, 0.1) is 13.7 Å². The number of anilines is 1. The number of hydrogen-bond donors (Lipinski definition) is 2. The first-order valence-corrected chi connectivity index (χ1v) is 6.87. The van der Waals surface area contributed by atoms with E-state index in [1.165, 1.54) is 6.07 Å². The van der Waals surface area contributed by atoms with Gasteiger partial charge < -0.3 is 20.5 Å². The van der Waals surface area contributed by atoms with Gasteiger partial charge >= 0.3 is 0 Å². The number of ether oxygens (including phenoxy) is 2. The fraction of sp³-hybridized carbons (Fsp3) is 0.188. The predicted molar refractivity (Wildman–Crippen MR) is 100 cm³/mol. The molecule has 0 amide bonds. The molecule has 5 nitrogen and oxygen atoms in total. The average molecular weight is 449 g/mol. The topological polar surface area (TPSA) is 68.9 Å². The van der Waals surface area contributed by atoms with Crippen molar-refractivity contribution >= 4 is 35.6 Å². The van der Waals surface area contributed by atoms with Gasteiger partial charge in [0.2, 0.25) is 0 Å². The van der Waals surface area contributed by atoms with E-state index in [1.54, 1.807) is 13.2 Å². The Hall–Kier alpha value is -2.10. The number of methoxy groups -OCH3 is 1. The molecule has 2 aromatic rings. The zero-order chi connectivity index (χ0) is 16.7. The van der Waals surface area contributed by atoms with Gasteiger partial charge in [0.15, 0.2) is 17.5 Å². The van der Waals surface area contributed by atoms with Crippen molar-refractivity contribution in [3.05, 3.63) is 54.1 Å². The summed E-state index contributed by atoms with van der Waals surface area (Å²) in [7, 11) is 1.57. The van der Waals surface area contributed by atoms with Gasteiger partial charge in [0.1, 0.15) is 18.2 Å². The van der Waals surface area contributed by atoms with Crippen molar-refractivity contribution in [3.63, 3.8) is 0 Å². The summed E-state index contributed by atoms with van der Waals surface area (Å²) in [5, 5.41) is 2.90. The molecule has 0 saturated heterocycles. The fourth-order valence-electron chi connectivity index (χ4n) is 1.80. The quantitative estimate of drug-likeness (QED) is 0.307. The van der Waals surface area contributed by atoms with Crippen molar-refractivity contribution in [3.8, 4) is 11.5 Å². The molecule has 0 atom stereocenters. The fourth-order valence-corrected chi connectivity index (χ4v) is 1.80. The van der Waals surface area contributed by atoms with E-state index in [1.807, 2.05) is 18.2 Å². The first-order valence-electron chi connectivity index (χ1n) is 6.87. The van der Waals surface area contributed by atoms with Crippen LogP contribution in [-0.4, -0.2) is 26.2 Å². The molecular weight excluding hydrogens is 431 g/mol. The number of aliphatic imine (C=N–C) groups is 1. The summed E-state index contributed by atoms with van der Waals surface area (Å²) in [5.74, 6) is -0.545. The molecule has 2 aromatic carbocycles. The smallest absolute Gasteiger partial charge is 0.193 e. The number of benzene rings is 2. The van der Waals surface area contributed by atoms with E-state index in [2.05, 4.69) is 10.3 Å². The van der Waals surface area contributed by atoms with Crippen molar-refractivity contribution in [2.24, 2.45) is 10.7 Å². The third-order valence-corrected chi connectivity index (χ3v) is 2.87. The Balaban J connectivity index is 0.00000288. The van der Waals surface area contributed by atoms with Crippen LogP contribution in [0.15, 0.2) is 47.5 Å². The second kappa shape index (κ2) is 9.91. The SMILES string of the molecule is COc1cccc(NC(N)=NCCOc2ccc(F)cc2F)c1.I. The average Bonchev–Trinajstić information content (AvgIpc) is 2.53. The highest BCUT2D eigenvalue weighted by molar-refractivity contribution is 14.0. The van der Waals surface area contributed by atoms with Gasteiger partial charge in [-0.1, -0.05) is 6.07 Å². The van der Waals surface area contributed by atoms with E-state index in [0.29, 0.717) is 5.75 Å². The standard InChI is InChI=1S/C16H17F2N3O2.HI/c1-22-13-4-2-3-12(10-13)21-16(19)20-7-8-23-15-6-5-11(17)9-14(15)18;/h2-6,9-10H,7-8H2,1H3,(H3,19,20,21);1H. The zero-order valence-corrected chi connectivity index (χ0v) is 15.3. The second-order valence-corrected chi connectivity index (χ2v) is 4.55.